The van der Waals surface area contributed by atoms with Gasteiger partial charge in [0.05, 0.1) is 6.10 Å². The maximum Gasteiger partial charge on any atom is 0.218 e. The average molecular weight is 251 g/mol. The van der Waals surface area contributed by atoms with E-state index >= 15 is 0 Å². The zero-order valence-corrected chi connectivity index (χ0v) is 12.1. The molecule has 0 saturated carbocycles. The van der Waals surface area contributed by atoms with Crippen molar-refractivity contribution in [2.24, 2.45) is 5.92 Å². The highest BCUT2D eigenvalue weighted by Gasteiger charge is 2.09. The molecule has 0 fully saturated rings. The maximum absolute atomic E-state index is 5.55. The van der Waals surface area contributed by atoms with E-state index in [9.17, 15) is 0 Å². The highest BCUT2D eigenvalue weighted by Crippen LogP contribution is 2.16. The van der Waals surface area contributed by atoms with Crippen LogP contribution in [0.25, 0.3) is 0 Å². The summed E-state index contributed by atoms with van der Waals surface area (Å²) in [5, 5.41) is 3.39. The molecule has 1 rings (SSSR count). The Morgan fingerprint density at radius 2 is 1.94 bits per heavy atom. The molecule has 4 nitrogen and oxygen atoms in total. The van der Waals surface area contributed by atoms with Crippen molar-refractivity contribution in [2.45, 2.75) is 59.6 Å². The molecule has 0 aromatic carbocycles. The predicted octanol–water partition coefficient (Wildman–Crippen LogP) is 3.50. The van der Waals surface area contributed by atoms with Crippen molar-refractivity contribution in [1.29, 1.82) is 0 Å². The first-order chi connectivity index (χ1) is 8.51. The molecule has 0 saturated heterocycles. The normalized spacial score (nSPS) is 14.3. The first-order valence-corrected chi connectivity index (χ1v) is 6.76. The van der Waals surface area contributed by atoms with Crippen LogP contribution in [0.4, 0.5) is 5.82 Å². The van der Waals surface area contributed by atoms with Crippen LogP contribution < -0.4 is 10.1 Å². The molecule has 2 unspecified atom stereocenters. The molecular formula is C14H25N3O. The van der Waals surface area contributed by atoms with Gasteiger partial charge in [-0.15, -0.1) is 0 Å². The van der Waals surface area contributed by atoms with Crippen LogP contribution in [0.2, 0.25) is 0 Å². The zero-order chi connectivity index (χ0) is 13.5. The molecule has 0 bridgehead atoms. The molecule has 18 heavy (non-hydrogen) atoms. The van der Waals surface area contributed by atoms with Crippen LogP contribution in [-0.4, -0.2) is 22.1 Å². The molecule has 1 N–H and O–H groups in total. The smallest absolute Gasteiger partial charge is 0.218 e. The monoisotopic (exact) mass is 251 g/mol. The number of anilines is 1. The topological polar surface area (TPSA) is 47.0 Å². The van der Waals surface area contributed by atoms with E-state index in [1.54, 1.807) is 0 Å². The number of hydrogen-bond acceptors (Lipinski definition) is 4. The summed E-state index contributed by atoms with van der Waals surface area (Å²) in [7, 11) is 0. The predicted molar refractivity (Wildman–Crippen MR) is 75.0 cm³/mol. The molecule has 1 aromatic heterocycles. The van der Waals surface area contributed by atoms with Crippen LogP contribution >= 0.6 is 0 Å². The van der Waals surface area contributed by atoms with Crippen LogP contribution in [0.5, 0.6) is 5.88 Å². The minimum absolute atomic E-state index is 0.130. The summed E-state index contributed by atoms with van der Waals surface area (Å²) in [6.45, 7) is 10.6. The van der Waals surface area contributed by atoms with Gasteiger partial charge >= 0.3 is 0 Å². The lowest BCUT2D eigenvalue weighted by Crippen LogP contribution is -2.19. The van der Waals surface area contributed by atoms with Gasteiger partial charge in [0, 0.05) is 12.1 Å². The number of ether oxygens (including phenoxy) is 1. The number of hydrogen-bond donors (Lipinski definition) is 1. The fourth-order valence-electron chi connectivity index (χ4n) is 1.81. The summed E-state index contributed by atoms with van der Waals surface area (Å²) in [4.78, 5) is 8.31. The van der Waals surface area contributed by atoms with Crippen molar-refractivity contribution in [3.05, 3.63) is 12.4 Å². The molecule has 0 aliphatic carbocycles. The van der Waals surface area contributed by atoms with E-state index < -0.39 is 0 Å². The zero-order valence-electron chi connectivity index (χ0n) is 12.1. The summed E-state index contributed by atoms with van der Waals surface area (Å²) in [6, 6.07) is 2.26. The second-order valence-corrected chi connectivity index (χ2v) is 5.20. The van der Waals surface area contributed by atoms with E-state index in [0.29, 0.717) is 11.9 Å². The van der Waals surface area contributed by atoms with Gasteiger partial charge in [-0.05, 0) is 33.1 Å². The van der Waals surface area contributed by atoms with Crippen molar-refractivity contribution in [3.8, 4) is 5.88 Å². The Hall–Kier alpha value is -1.32. The van der Waals surface area contributed by atoms with Gasteiger partial charge in [0.15, 0.2) is 0 Å². The van der Waals surface area contributed by atoms with E-state index in [0.717, 1.165) is 18.2 Å². The van der Waals surface area contributed by atoms with E-state index in [4.69, 9.17) is 4.74 Å². The maximum atomic E-state index is 5.55. The van der Waals surface area contributed by atoms with Gasteiger partial charge in [0.2, 0.25) is 5.88 Å². The standard InChI is InChI=1S/C14H25N3O/c1-6-11(4)7-12(5)17-13-8-14(16-9-15-13)18-10(2)3/h8-12H,6-7H2,1-5H3,(H,15,16,17). The van der Waals surface area contributed by atoms with E-state index in [1.807, 2.05) is 19.9 Å². The Bertz CT molecular complexity index is 355. The van der Waals surface area contributed by atoms with Crippen LogP contribution in [-0.2, 0) is 0 Å². The van der Waals surface area contributed by atoms with E-state index in [1.165, 1.54) is 12.7 Å². The molecule has 2 atom stereocenters. The molecular weight excluding hydrogens is 226 g/mol. The quantitative estimate of drug-likeness (QED) is 0.805. The highest BCUT2D eigenvalue weighted by molar-refractivity contribution is 5.37. The van der Waals surface area contributed by atoms with Crippen molar-refractivity contribution >= 4 is 5.82 Å². The number of aromatic nitrogens is 2. The minimum atomic E-state index is 0.130. The van der Waals surface area contributed by atoms with Gasteiger partial charge < -0.3 is 10.1 Å². The number of rotatable bonds is 7. The summed E-state index contributed by atoms with van der Waals surface area (Å²) in [5.74, 6) is 2.18. The molecule has 0 radical (unpaired) electrons. The van der Waals surface area contributed by atoms with Crippen LogP contribution in [0.15, 0.2) is 12.4 Å². The van der Waals surface area contributed by atoms with Crippen LogP contribution in [0.3, 0.4) is 0 Å². The second kappa shape index (κ2) is 7.19. The Kier molecular flexibility index (Phi) is 5.89. The van der Waals surface area contributed by atoms with Gasteiger partial charge in [-0.3, -0.25) is 0 Å². The Morgan fingerprint density at radius 1 is 1.22 bits per heavy atom. The largest absolute Gasteiger partial charge is 0.475 e. The molecule has 4 heteroatoms. The second-order valence-electron chi connectivity index (χ2n) is 5.20. The molecule has 0 amide bonds. The highest BCUT2D eigenvalue weighted by atomic mass is 16.5. The van der Waals surface area contributed by atoms with Crippen LogP contribution in [0.1, 0.15) is 47.5 Å². The van der Waals surface area contributed by atoms with Gasteiger partial charge in [-0.1, -0.05) is 20.3 Å². The molecule has 0 spiro atoms. The summed E-state index contributed by atoms with van der Waals surface area (Å²) in [6.07, 6.45) is 4.01. The molecule has 1 heterocycles. The summed E-state index contributed by atoms with van der Waals surface area (Å²) < 4.78 is 5.55. The lowest BCUT2D eigenvalue weighted by Gasteiger charge is -2.18. The number of nitrogens with one attached hydrogen (secondary N) is 1. The fourth-order valence-corrected chi connectivity index (χ4v) is 1.81. The Labute approximate surface area is 110 Å². The molecule has 1 aromatic rings. The molecule has 102 valence electrons. The third-order valence-electron chi connectivity index (χ3n) is 2.85. The first kappa shape index (κ1) is 14.7. The third kappa shape index (κ3) is 5.34. The van der Waals surface area contributed by atoms with Crippen molar-refractivity contribution in [2.75, 3.05) is 5.32 Å². The third-order valence-corrected chi connectivity index (χ3v) is 2.85. The van der Waals surface area contributed by atoms with Crippen molar-refractivity contribution in [3.63, 3.8) is 0 Å². The molecule has 0 aliphatic heterocycles. The fraction of sp³-hybridized carbons (Fsp3) is 0.714. The van der Waals surface area contributed by atoms with Gasteiger partial charge in [0.1, 0.15) is 12.1 Å². The summed E-state index contributed by atoms with van der Waals surface area (Å²) >= 11 is 0. The van der Waals surface area contributed by atoms with Gasteiger partial charge in [-0.2, -0.15) is 0 Å². The minimum Gasteiger partial charge on any atom is -0.475 e. The molecule has 0 aliphatic rings. The van der Waals surface area contributed by atoms with E-state index in [2.05, 4.69) is 36.1 Å². The Balaban J connectivity index is 2.56. The average Bonchev–Trinajstić information content (AvgIpc) is 2.28. The first-order valence-electron chi connectivity index (χ1n) is 6.76. The SMILES string of the molecule is CCC(C)CC(C)Nc1cc(OC(C)C)ncn1. The lowest BCUT2D eigenvalue weighted by molar-refractivity contribution is 0.232. The number of nitrogens with zero attached hydrogens (tertiary/aromatic N) is 2. The summed E-state index contributed by atoms with van der Waals surface area (Å²) in [5.41, 5.74) is 0. The van der Waals surface area contributed by atoms with Crippen molar-refractivity contribution < 1.29 is 4.74 Å². The lowest BCUT2D eigenvalue weighted by atomic mass is 10.0. The van der Waals surface area contributed by atoms with Gasteiger partial charge in [0.25, 0.3) is 0 Å². The van der Waals surface area contributed by atoms with Gasteiger partial charge in [-0.25, -0.2) is 9.97 Å². The Morgan fingerprint density at radius 3 is 2.56 bits per heavy atom. The van der Waals surface area contributed by atoms with Crippen molar-refractivity contribution in [1.82, 2.24) is 9.97 Å². The van der Waals surface area contributed by atoms with Crippen LogP contribution in [0, 0.1) is 5.92 Å². The van der Waals surface area contributed by atoms with E-state index in [-0.39, 0.29) is 6.10 Å².